The van der Waals surface area contributed by atoms with Gasteiger partial charge in [0.15, 0.2) is 0 Å². The molecule has 1 aromatic carbocycles. The SMILES string of the molecule is CCCOc1ccccc1NC(=O)c1csc2c1CCC(C(C)(C)C)C2. The minimum absolute atomic E-state index is 0.0238. The van der Waals surface area contributed by atoms with Gasteiger partial charge in [-0.3, -0.25) is 4.79 Å². The van der Waals surface area contributed by atoms with Gasteiger partial charge in [-0.2, -0.15) is 0 Å². The number of carbonyl (C=O) groups excluding carboxylic acids is 1. The summed E-state index contributed by atoms with van der Waals surface area (Å²) in [6.45, 7) is 9.67. The van der Waals surface area contributed by atoms with E-state index in [9.17, 15) is 4.79 Å². The fourth-order valence-corrected chi connectivity index (χ4v) is 4.70. The van der Waals surface area contributed by atoms with Crippen molar-refractivity contribution in [3.8, 4) is 5.75 Å². The molecule has 0 saturated heterocycles. The van der Waals surface area contributed by atoms with Crippen molar-refractivity contribution in [1.82, 2.24) is 0 Å². The Balaban J connectivity index is 1.76. The maximum Gasteiger partial charge on any atom is 0.256 e. The summed E-state index contributed by atoms with van der Waals surface area (Å²) >= 11 is 1.74. The molecular weight excluding hydrogens is 342 g/mol. The van der Waals surface area contributed by atoms with Gasteiger partial charge >= 0.3 is 0 Å². The number of fused-ring (bicyclic) bond motifs is 1. The first-order chi connectivity index (χ1) is 12.4. The lowest BCUT2D eigenvalue weighted by atomic mass is 9.72. The largest absolute Gasteiger partial charge is 0.491 e. The molecule has 1 aromatic heterocycles. The molecule has 1 amide bonds. The Labute approximate surface area is 160 Å². The predicted octanol–water partition coefficient (Wildman–Crippen LogP) is 5.94. The van der Waals surface area contributed by atoms with Crippen LogP contribution in [0, 0.1) is 11.3 Å². The standard InChI is InChI=1S/C22H29NO2S/c1-5-12-25-19-9-7-6-8-18(19)23-21(24)17-14-26-20-13-15(22(2,3)4)10-11-16(17)20/h6-9,14-15H,5,10-13H2,1-4H3,(H,23,24). The van der Waals surface area contributed by atoms with Crippen molar-refractivity contribution in [1.29, 1.82) is 0 Å². The molecule has 3 rings (SSSR count). The van der Waals surface area contributed by atoms with Gasteiger partial charge in [0.05, 0.1) is 17.9 Å². The van der Waals surface area contributed by atoms with Crippen molar-refractivity contribution >= 4 is 22.9 Å². The van der Waals surface area contributed by atoms with Gasteiger partial charge in [0, 0.05) is 10.3 Å². The molecule has 1 N–H and O–H groups in total. The minimum Gasteiger partial charge on any atom is -0.491 e. The summed E-state index contributed by atoms with van der Waals surface area (Å²) in [7, 11) is 0. The number of nitrogens with one attached hydrogen (secondary N) is 1. The van der Waals surface area contributed by atoms with Crippen LogP contribution in [0.1, 0.15) is 61.3 Å². The third kappa shape index (κ3) is 4.12. The number of amides is 1. The molecular formula is C22H29NO2S. The number of hydrogen-bond acceptors (Lipinski definition) is 3. The van der Waals surface area contributed by atoms with E-state index in [1.807, 2.05) is 29.6 Å². The molecule has 0 aliphatic heterocycles. The monoisotopic (exact) mass is 371 g/mol. The second-order valence-corrected chi connectivity index (χ2v) is 9.12. The lowest BCUT2D eigenvalue weighted by Gasteiger charge is -2.34. The molecule has 3 nitrogen and oxygen atoms in total. The van der Waals surface area contributed by atoms with Crippen molar-refractivity contribution in [2.45, 2.75) is 53.4 Å². The first-order valence-electron chi connectivity index (χ1n) is 9.52. The summed E-state index contributed by atoms with van der Waals surface area (Å²) in [6.07, 6.45) is 4.18. The molecule has 0 radical (unpaired) electrons. The van der Waals surface area contributed by atoms with Gasteiger partial charge in [0.2, 0.25) is 0 Å². The Morgan fingerprint density at radius 3 is 2.81 bits per heavy atom. The van der Waals surface area contributed by atoms with Crippen molar-refractivity contribution in [2.24, 2.45) is 11.3 Å². The smallest absolute Gasteiger partial charge is 0.256 e. The van der Waals surface area contributed by atoms with Gasteiger partial charge in [-0.05, 0) is 54.7 Å². The summed E-state index contributed by atoms with van der Waals surface area (Å²) in [5.74, 6) is 1.40. The van der Waals surface area contributed by atoms with Crippen LogP contribution >= 0.6 is 11.3 Å². The van der Waals surface area contributed by atoms with Crippen molar-refractivity contribution in [2.75, 3.05) is 11.9 Å². The molecule has 0 spiro atoms. The van der Waals surface area contributed by atoms with Gasteiger partial charge < -0.3 is 10.1 Å². The van der Waals surface area contributed by atoms with Crippen LogP contribution in [-0.4, -0.2) is 12.5 Å². The molecule has 26 heavy (non-hydrogen) atoms. The number of carbonyl (C=O) groups is 1. The molecule has 1 aliphatic rings. The van der Waals surface area contributed by atoms with Crippen LogP contribution in [0.2, 0.25) is 0 Å². The fourth-order valence-electron chi connectivity index (χ4n) is 3.54. The number of para-hydroxylation sites is 2. The highest BCUT2D eigenvalue weighted by atomic mass is 32.1. The average Bonchev–Trinajstić information content (AvgIpc) is 3.03. The van der Waals surface area contributed by atoms with Crippen LogP contribution in [0.4, 0.5) is 5.69 Å². The summed E-state index contributed by atoms with van der Waals surface area (Å²) < 4.78 is 5.76. The van der Waals surface area contributed by atoms with E-state index in [0.717, 1.165) is 42.7 Å². The van der Waals surface area contributed by atoms with Gasteiger partial charge in [0.1, 0.15) is 5.75 Å². The number of thiophene rings is 1. The Hall–Kier alpha value is -1.81. The third-order valence-corrected chi connectivity index (χ3v) is 6.27. The van der Waals surface area contributed by atoms with Crippen LogP contribution < -0.4 is 10.1 Å². The van der Waals surface area contributed by atoms with Crippen LogP contribution in [0.25, 0.3) is 0 Å². The topological polar surface area (TPSA) is 38.3 Å². The number of benzene rings is 1. The molecule has 0 bridgehead atoms. The van der Waals surface area contributed by atoms with E-state index in [1.165, 1.54) is 10.4 Å². The normalized spacial score (nSPS) is 16.8. The summed E-state index contributed by atoms with van der Waals surface area (Å²) in [4.78, 5) is 14.3. The van der Waals surface area contributed by atoms with Crippen LogP contribution in [-0.2, 0) is 12.8 Å². The van der Waals surface area contributed by atoms with Crippen LogP contribution in [0.5, 0.6) is 5.75 Å². The molecule has 1 aliphatic carbocycles. The maximum atomic E-state index is 12.9. The lowest BCUT2D eigenvalue weighted by molar-refractivity contribution is 0.102. The van der Waals surface area contributed by atoms with Gasteiger partial charge in [-0.25, -0.2) is 0 Å². The van der Waals surface area contributed by atoms with E-state index in [2.05, 4.69) is 33.0 Å². The average molecular weight is 372 g/mol. The quantitative estimate of drug-likeness (QED) is 0.706. The highest BCUT2D eigenvalue weighted by molar-refractivity contribution is 7.10. The van der Waals surface area contributed by atoms with E-state index in [0.29, 0.717) is 17.9 Å². The van der Waals surface area contributed by atoms with Crippen LogP contribution in [0.15, 0.2) is 29.6 Å². The molecule has 140 valence electrons. The Morgan fingerprint density at radius 1 is 1.31 bits per heavy atom. The molecule has 2 aromatic rings. The van der Waals surface area contributed by atoms with Gasteiger partial charge in [-0.15, -0.1) is 11.3 Å². The van der Waals surface area contributed by atoms with Crippen LogP contribution in [0.3, 0.4) is 0 Å². The zero-order chi connectivity index (χ0) is 18.7. The van der Waals surface area contributed by atoms with E-state index < -0.39 is 0 Å². The maximum absolute atomic E-state index is 12.9. The highest BCUT2D eigenvalue weighted by Crippen LogP contribution is 2.40. The Bertz CT molecular complexity index is 773. The highest BCUT2D eigenvalue weighted by Gasteiger charge is 2.31. The summed E-state index contributed by atoms with van der Waals surface area (Å²) in [5, 5.41) is 5.08. The number of hydrogen-bond donors (Lipinski definition) is 1. The van der Waals surface area contributed by atoms with Crippen molar-refractivity contribution in [3.05, 3.63) is 45.6 Å². The molecule has 0 fully saturated rings. The van der Waals surface area contributed by atoms with Gasteiger partial charge in [0.25, 0.3) is 5.91 Å². The van der Waals surface area contributed by atoms with E-state index in [1.54, 1.807) is 11.3 Å². The molecule has 0 saturated carbocycles. The number of ether oxygens (including phenoxy) is 1. The molecule has 1 unspecified atom stereocenters. The lowest BCUT2D eigenvalue weighted by Crippen LogP contribution is -2.27. The van der Waals surface area contributed by atoms with Crippen molar-refractivity contribution < 1.29 is 9.53 Å². The fraction of sp³-hybridized carbons (Fsp3) is 0.500. The molecule has 4 heteroatoms. The second-order valence-electron chi connectivity index (χ2n) is 8.16. The zero-order valence-corrected chi connectivity index (χ0v) is 17.0. The second kappa shape index (κ2) is 7.83. The number of anilines is 1. The third-order valence-electron chi connectivity index (χ3n) is 5.22. The zero-order valence-electron chi connectivity index (χ0n) is 16.2. The van der Waals surface area contributed by atoms with Gasteiger partial charge in [-0.1, -0.05) is 39.8 Å². The molecule has 1 atom stereocenters. The van der Waals surface area contributed by atoms with E-state index >= 15 is 0 Å². The first-order valence-corrected chi connectivity index (χ1v) is 10.4. The first kappa shape index (κ1) is 19.0. The van der Waals surface area contributed by atoms with E-state index in [-0.39, 0.29) is 5.91 Å². The number of rotatable bonds is 5. The predicted molar refractivity (Wildman–Crippen MR) is 109 cm³/mol. The Kier molecular flexibility index (Phi) is 5.71. The van der Waals surface area contributed by atoms with E-state index in [4.69, 9.17) is 4.74 Å². The summed E-state index contributed by atoms with van der Waals surface area (Å²) in [6, 6.07) is 7.66. The summed E-state index contributed by atoms with van der Waals surface area (Å²) in [5.41, 5.74) is 3.15. The van der Waals surface area contributed by atoms with Crippen molar-refractivity contribution in [3.63, 3.8) is 0 Å². The molecule has 1 heterocycles. The minimum atomic E-state index is -0.0238. The Morgan fingerprint density at radius 2 is 2.08 bits per heavy atom.